The molecule has 0 aromatic heterocycles. The summed E-state index contributed by atoms with van der Waals surface area (Å²) in [5.41, 5.74) is -2.39. The van der Waals surface area contributed by atoms with E-state index >= 15 is 0 Å². The average Bonchev–Trinajstić information content (AvgIpc) is 2.27. The third kappa shape index (κ3) is 1.99. The van der Waals surface area contributed by atoms with Crippen LogP contribution in [0, 0.1) is 27.2 Å². The Kier molecular flexibility index (Phi) is 3.21. The molecule has 0 saturated carbocycles. The largest absolute Gasteiger partial charge is 0.517 e. The smallest absolute Gasteiger partial charge is 0.277 e. The van der Waals surface area contributed by atoms with Crippen LogP contribution in [0.25, 0.3) is 0 Å². The zero-order valence-corrected chi connectivity index (χ0v) is 9.25. The lowest BCUT2D eigenvalue weighted by Crippen LogP contribution is -2.50. The van der Waals surface area contributed by atoms with E-state index in [4.69, 9.17) is 0 Å². The van der Waals surface area contributed by atoms with Crippen molar-refractivity contribution in [2.24, 2.45) is 0 Å². The maximum Gasteiger partial charge on any atom is 0.517 e. The van der Waals surface area contributed by atoms with Crippen molar-refractivity contribution in [2.45, 2.75) is 19.5 Å². The van der Waals surface area contributed by atoms with Crippen LogP contribution in [0.2, 0.25) is 0 Å². The predicted octanol–water partition coefficient (Wildman–Crippen LogP) is 1.45. The number of rotatable bonds is 4. The van der Waals surface area contributed by atoms with E-state index in [1.165, 1.54) is 12.1 Å². The summed E-state index contributed by atoms with van der Waals surface area (Å²) in [5.74, 6) is -1.12. The second-order valence-corrected chi connectivity index (χ2v) is 3.68. The van der Waals surface area contributed by atoms with Crippen molar-refractivity contribution in [3.05, 3.63) is 55.6 Å². The minimum atomic E-state index is -2.84. The normalized spacial score (nSPS) is 10.9. The van der Waals surface area contributed by atoms with Gasteiger partial charge in [-0.3, -0.25) is 25.0 Å². The zero-order valence-electron chi connectivity index (χ0n) is 9.25. The molecule has 0 unspecified atom stereocenters. The van der Waals surface area contributed by atoms with Crippen LogP contribution in [-0.4, -0.2) is 21.3 Å². The molecule has 0 aliphatic carbocycles. The van der Waals surface area contributed by atoms with Gasteiger partial charge in [0.1, 0.15) is 9.85 Å². The van der Waals surface area contributed by atoms with Crippen molar-refractivity contribution < 1.29 is 14.6 Å². The van der Waals surface area contributed by atoms with Crippen molar-refractivity contribution in [3.8, 4) is 0 Å². The van der Waals surface area contributed by atoms with Gasteiger partial charge in [-0.15, -0.1) is 0 Å². The maximum absolute atomic E-state index is 11.9. The first kappa shape index (κ1) is 12.8. The van der Waals surface area contributed by atoms with Crippen molar-refractivity contribution in [1.29, 1.82) is 0 Å². The van der Waals surface area contributed by atoms with Crippen LogP contribution < -0.4 is 0 Å². The number of carbonyl (C=O) groups excluding carboxylic acids is 1. The monoisotopic (exact) mass is 238 g/mol. The number of nitrogens with zero attached hydrogens (tertiary/aromatic N) is 2. The molecule has 0 radical (unpaired) electrons. The van der Waals surface area contributed by atoms with Gasteiger partial charge in [-0.1, -0.05) is 24.3 Å². The summed E-state index contributed by atoms with van der Waals surface area (Å²) >= 11 is 0. The Hall–Kier alpha value is -2.31. The Morgan fingerprint density at radius 3 is 2.06 bits per heavy atom. The van der Waals surface area contributed by atoms with Gasteiger partial charge in [0, 0.05) is 5.56 Å². The van der Waals surface area contributed by atoms with Crippen molar-refractivity contribution in [1.82, 2.24) is 0 Å². The van der Waals surface area contributed by atoms with Crippen LogP contribution in [0.5, 0.6) is 0 Å². The van der Waals surface area contributed by atoms with Gasteiger partial charge in [0.25, 0.3) is 0 Å². The Morgan fingerprint density at radius 1 is 1.18 bits per heavy atom. The first-order valence-corrected chi connectivity index (χ1v) is 4.71. The number of hydrogen-bond acceptors (Lipinski definition) is 5. The van der Waals surface area contributed by atoms with E-state index in [1.54, 1.807) is 19.1 Å². The number of carbonyl (C=O) groups is 1. The molecule has 0 heterocycles. The van der Waals surface area contributed by atoms with Crippen molar-refractivity contribution >= 4 is 5.78 Å². The summed E-state index contributed by atoms with van der Waals surface area (Å²) in [6.45, 7) is 2.26. The Balaban J connectivity index is 3.33. The third-order valence-electron chi connectivity index (χ3n) is 2.53. The molecule has 7 heteroatoms. The van der Waals surface area contributed by atoms with Gasteiger partial charge in [0.2, 0.25) is 0 Å². The summed E-state index contributed by atoms with van der Waals surface area (Å²) in [7, 11) is 0. The highest BCUT2D eigenvalue weighted by Crippen LogP contribution is 2.20. The second-order valence-electron chi connectivity index (χ2n) is 3.68. The van der Waals surface area contributed by atoms with E-state index in [2.05, 4.69) is 0 Å². The van der Waals surface area contributed by atoms with E-state index in [1.807, 2.05) is 0 Å². The minimum absolute atomic E-state index is 0.0107. The molecule has 0 aliphatic heterocycles. The highest BCUT2D eigenvalue weighted by Gasteiger charge is 2.59. The van der Waals surface area contributed by atoms with Crippen LogP contribution in [0.3, 0.4) is 0 Å². The number of ketones is 1. The van der Waals surface area contributed by atoms with Crippen molar-refractivity contribution in [3.63, 3.8) is 0 Å². The zero-order chi connectivity index (χ0) is 13.2. The third-order valence-corrected chi connectivity index (χ3v) is 2.53. The fourth-order valence-corrected chi connectivity index (χ4v) is 1.32. The van der Waals surface area contributed by atoms with E-state index in [0.29, 0.717) is 12.5 Å². The van der Waals surface area contributed by atoms with Gasteiger partial charge in [-0.25, -0.2) is 0 Å². The molecule has 0 spiro atoms. The number of nitro groups is 2. The standard InChI is InChI=1S/C10H10N2O5/c1-7-5-3-4-6-8(7)9(13)10(2,11(14)15)12(16)17/h3-6H,1-2H3. The Bertz CT molecular complexity index is 483. The van der Waals surface area contributed by atoms with Crippen LogP contribution in [0.1, 0.15) is 22.8 Å². The number of hydrogen-bond donors (Lipinski definition) is 0. The molecular formula is C10H10N2O5. The fraction of sp³-hybridized carbons (Fsp3) is 0.300. The highest BCUT2D eigenvalue weighted by molar-refractivity contribution is 6.01. The molecule has 0 atom stereocenters. The minimum Gasteiger partial charge on any atom is -0.277 e. The molecule has 0 N–H and O–H groups in total. The summed E-state index contributed by atoms with van der Waals surface area (Å²) < 4.78 is 0. The highest BCUT2D eigenvalue weighted by atomic mass is 16.7. The van der Waals surface area contributed by atoms with Gasteiger partial charge in [0.15, 0.2) is 0 Å². The molecule has 0 amide bonds. The fourth-order valence-electron chi connectivity index (χ4n) is 1.32. The first-order valence-electron chi connectivity index (χ1n) is 4.71. The molecule has 0 saturated heterocycles. The average molecular weight is 238 g/mol. The van der Waals surface area contributed by atoms with Gasteiger partial charge in [-0.2, -0.15) is 0 Å². The summed E-state index contributed by atoms with van der Waals surface area (Å²) in [6.07, 6.45) is 0. The Labute approximate surface area is 96.4 Å². The van der Waals surface area contributed by atoms with Gasteiger partial charge < -0.3 is 0 Å². The van der Waals surface area contributed by atoms with Gasteiger partial charge in [-0.05, 0) is 12.5 Å². The van der Waals surface area contributed by atoms with Crippen LogP contribution >= 0.6 is 0 Å². The molecule has 90 valence electrons. The molecule has 17 heavy (non-hydrogen) atoms. The summed E-state index contributed by atoms with van der Waals surface area (Å²) in [6, 6.07) is 6.04. The number of aryl methyl sites for hydroxylation is 1. The number of Topliss-reactive ketones (excluding diaryl/α,β-unsaturated/α-hetero) is 1. The molecule has 1 rings (SSSR count). The number of benzene rings is 1. The summed E-state index contributed by atoms with van der Waals surface area (Å²) in [4.78, 5) is 31.0. The quantitative estimate of drug-likeness (QED) is 0.341. The van der Waals surface area contributed by atoms with E-state index in [0.717, 1.165) is 0 Å². The van der Waals surface area contributed by atoms with Crippen LogP contribution in [0.4, 0.5) is 0 Å². The lowest BCUT2D eigenvalue weighted by Gasteiger charge is -2.12. The van der Waals surface area contributed by atoms with Crippen LogP contribution in [-0.2, 0) is 0 Å². The molecule has 0 aliphatic rings. The predicted molar refractivity (Wildman–Crippen MR) is 57.9 cm³/mol. The topological polar surface area (TPSA) is 103 Å². The lowest BCUT2D eigenvalue weighted by molar-refractivity contribution is -0.769. The summed E-state index contributed by atoms with van der Waals surface area (Å²) in [5, 5.41) is 21.5. The molecule has 1 aromatic carbocycles. The molecule has 0 fully saturated rings. The van der Waals surface area contributed by atoms with Crippen molar-refractivity contribution in [2.75, 3.05) is 0 Å². The van der Waals surface area contributed by atoms with E-state index in [9.17, 15) is 25.0 Å². The SMILES string of the molecule is Cc1ccccc1C(=O)C(C)([N+](=O)[O-])[N+](=O)[O-]. The van der Waals surface area contributed by atoms with Crippen LogP contribution in [0.15, 0.2) is 24.3 Å². The molecule has 0 bridgehead atoms. The first-order chi connectivity index (χ1) is 7.81. The van der Waals surface area contributed by atoms with Gasteiger partial charge >= 0.3 is 11.4 Å². The van der Waals surface area contributed by atoms with E-state index < -0.39 is 21.3 Å². The molecule has 7 nitrogen and oxygen atoms in total. The lowest BCUT2D eigenvalue weighted by atomic mass is 9.97. The molecular weight excluding hydrogens is 228 g/mol. The molecule has 1 aromatic rings. The van der Waals surface area contributed by atoms with E-state index in [-0.39, 0.29) is 5.56 Å². The maximum atomic E-state index is 11.9. The second kappa shape index (κ2) is 4.28. The van der Waals surface area contributed by atoms with Gasteiger partial charge in [0.05, 0.1) is 6.92 Å². The Morgan fingerprint density at radius 2 is 1.65 bits per heavy atom.